The molecule has 0 radical (unpaired) electrons. The lowest BCUT2D eigenvalue weighted by Crippen LogP contribution is -2.16. The lowest BCUT2D eigenvalue weighted by Gasteiger charge is -2.05. The highest BCUT2D eigenvalue weighted by molar-refractivity contribution is 6.05. The summed E-state index contributed by atoms with van der Waals surface area (Å²) in [7, 11) is 0. The van der Waals surface area contributed by atoms with Crippen molar-refractivity contribution < 1.29 is 9.90 Å². The standard InChI is InChI=1S/C11H10N4O2/c12-10-9(13-5-6-14-10)11(17)15-7-1-3-8(16)4-2-7/h1-6,16H,(H2,12,14)(H,15,17). The fraction of sp³-hybridized carbons (Fsp3) is 0. The molecule has 6 nitrogen and oxygen atoms in total. The van der Waals surface area contributed by atoms with E-state index in [1.807, 2.05) is 0 Å². The van der Waals surface area contributed by atoms with Gasteiger partial charge in [0.05, 0.1) is 0 Å². The zero-order valence-electron chi connectivity index (χ0n) is 8.79. The summed E-state index contributed by atoms with van der Waals surface area (Å²) in [5, 5.41) is 11.7. The number of carbonyl (C=O) groups excluding carboxylic acids is 1. The van der Waals surface area contributed by atoms with Gasteiger partial charge in [-0.3, -0.25) is 4.79 Å². The maximum Gasteiger partial charge on any atom is 0.278 e. The molecule has 6 heteroatoms. The smallest absolute Gasteiger partial charge is 0.278 e. The Labute approximate surface area is 97.1 Å². The number of hydrogen-bond donors (Lipinski definition) is 3. The van der Waals surface area contributed by atoms with E-state index in [0.29, 0.717) is 5.69 Å². The van der Waals surface area contributed by atoms with Gasteiger partial charge in [-0.25, -0.2) is 9.97 Å². The molecule has 0 atom stereocenters. The highest BCUT2D eigenvalue weighted by Crippen LogP contribution is 2.15. The molecule has 2 aromatic rings. The van der Waals surface area contributed by atoms with Crippen LogP contribution in [0, 0.1) is 0 Å². The molecule has 0 bridgehead atoms. The summed E-state index contributed by atoms with van der Waals surface area (Å²) in [6.45, 7) is 0. The summed E-state index contributed by atoms with van der Waals surface area (Å²) in [5.74, 6) is -0.243. The number of rotatable bonds is 2. The number of phenols is 1. The molecule has 0 spiro atoms. The van der Waals surface area contributed by atoms with E-state index in [1.54, 1.807) is 12.1 Å². The van der Waals surface area contributed by atoms with E-state index in [1.165, 1.54) is 24.5 Å². The predicted molar refractivity (Wildman–Crippen MR) is 62.5 cm³/mol. The fourth-order valence-corrected chi connectivity index (χ4v) is 1.26. The van der Waals surface area contributed by atoms with Crippen LogP contribution in [0.3, 0.4) is 0 Å². The summed E-state index contributed by atoms with van der Waals surface area (Å²) in [4.78, 5) is 19.4. The van der Waals surface area contributed by atoms with Crippen LogP contribution in [0.2, 0.25) is 0 Å². The van der Waals surface area contributed by atoms with E-state index >= 15 is 0 Å². The number of benzene rings is 1. The molecule has 1 heterocycles. The Hall–Kier alpha value is -2.63. The number of nitrogens with two attached hydrogens (primary N) is 1. The van der Waals surface area contributed by atoms with Crippen molar-refractivity contribution in [2.24, 2.45) is 0 Å². The Morgan fingerprint density at radius 1 is 1.18 bits per heavy atom. The fourth-order valence-electron chi connectivity index (χ4n) is 1.26. The van der Waals surface area contributed by atoms with Gasteiger partial charge in [0.25, 0.3) is 5.91 Å². The minimum absolute atomic E-state index is 0.0700. The normalized spacial score (nSPS) is 9.88. The van der Waals surface area contributed by atoms with E-state index < -0.39 is 5.91 Å². The van der Waals surface area contributed by atoms with Crippen LogP contribution in [-0.2, 0) is 0 Å². The van der Waals surface area contributed by atoms with Crippen molar-refractivity contribution in [2.45, 2.75) is 0 Å². The molecule has 0 aliphatic heterocycles. The van der Waals surface area contributed by atoms with Crippen LogP contribution in [0.15, 0.2) is 36.7 Å². The van der Waals surface area contributed by atoms with Gasteiger partial charge in [0.2, 0.25) is 0 Å². The number of aromatic hydroxyl groups is 1. The van der Waals surface area contributed by atoms with Gasteiger partial charge in [-0.1, -0.05) is 0 Å². The van der Waals surface area contributed by atoms with E-state index in [2.05, 4.69) is 15.3 Å². The van der Waals surface area contributed by atoms with Gasteiger partial charge < -0.3 is 16.2 Å². The molecule has 1 amide bonds. The third kappa shape index (κ3) is 2.49. The zero-order valence-corrected chi connectivity index (χ0v) is 8.79. The third-order valence-corrected chi connectivity index (χ3v) is 2.07. The van der Waals surface area contributed by atoms with Crippen molar-refractivity contribution in [1.82, 2.24) is 9.97 Å². The highest BCUT2D eigenvalue weighted by atomic mass is 16.3. The van der Waals surface area contributed by atoms with Gasteiger partial charge in [-0.2, -0.15) is 0 Å². The average Bonchev–Trinajstić information content (AvgIpc) is 2.32. The quantitative estimate of drug-likeness (QED) is 0.668. The summed E-state index contributed by atoms with van der Waals surface area (Å²) in [5.41, 5.74) is 6.13. The number of nitrogens with zero attached hydrogens (tertiary/aromatic N) is 2. The number of anilines is 2. The Balaban J connectivity index is 2.17. The first-order valence-electron chi connectivity index (χ1n) is 4.83. The maximum atomic E-state index is 11.8. The number of carbonyl (C=O) groups is 1. The SMILES string of the molecule is Nc1nccnc1C(=O)Nc1ccc(O)cc1. The summed E-state index contributed by atoms with van der Waals surface area (Å²) < 4.78 is 0. The molecule has 0 saturated heterocycles. The number of hydrogen-bond acceptors (Lipinski definition) is 5. The third-order valence-electron chi connectivity index (χ3n) is 2.07. The van der Waals surface area contributed by atoms with Crippen LogP contribution < -0.4 is 11.1 Å². The van der Waals surface area contributed by atoms with Crippen LogP contribution >= 0.6 is 0 Å². The number of nitrogens with one attached hydrogen (secondary N) is 1. The molecule has 0 fully saturated rings. The predicted octanol–water partition coefficient (Wildman–Crippen LogP) is 1.02. The lowest BCUT2D eigenvalue weighted by molar-refractivity contribution is 0.102. The van der Waals surface area contributed by atoms with E-state index in [-0.39, 0.29) is 17.3 Å². The van der Waals surface area contributed by atoms with Gasteiger partial charge in [0.1, 0.15) is 5.75 Å². The van der Waals surface area contributed by atoms with E-state index in [0.717, 1.165) is 0 Å². The summed E-state index contributed by atoms with van der Waals surface area (Å²) in [6.07, 6.45) is 2.80. The van der Waals surface area contributed by atoms with Gasteiger partial charge in [-0.05, 0) is 24.3 Å². The summed E-state index contributed by atoms with van der Waals surface area (Å²) in [6, 6.07) is 6.07. The molecule has 86 valence electrons. The number of aromatic nitrogens is 2. The maximum absolute atomic E-state index is 11.8. The lowest BCUT2D eigenvalue weighted by atomic mass is 10.3. The molecule has 2 rings (SSSR count). The van der Waals surface area contributed by atoms with Crippen LogP contribution in [0.4, 0.5) is 11.5 Å². The Morgan fingerprint density at radius 3 is 2.47 bits per heavy atom. The minimum atomic E-state index is -0.443. The monoisotopic (exact) mass is 230 g/mol. The van der Waals surface area contributed by atoms with Crippen molar-refractivity contribution in [2.75, 3.05) is 11.1 Å². The van der Waals surface area contributed by atoms with Gasteiger partial charge in [0.15, 0.2) is 11.5 Å². The molecule has 4 N–H and O–H groups in total. The van der Waals surface area contributed by atoms with Crippen LogP contribution in [0.1, 0.15) is 10.5 Å². The Bertz CT molecular complexity index is 539. The topological polar surface area (TPSA) is 101 Å². The van der Waals surface area contributed by atoms with Crippen LogP contribution in [-0.4, -0.2) is 21.0 Å². The first-order valence-corrected chi connectivity index (χ1v) is 4.83. The second-order valence-electron chi connectivity index (χ2n) is 3.29. The molecule has 0 aliphatic carbocycles. The number of amides is 1. The average molecular weight is 230 g/mol. The first-order chi connectivity index (χ1) is 8.16. The van der Waals surface area contributed by atoms with Crippen molar-refractivity contribution in [1.29, 1.82) is 0 Å². The molecule has 1 aromatic heterocycles. The van der Waals surface area contributed by atoms with Crippen molar-refractivity contribution in [3.8, 4) is 5.75 Å². The molecule has 17 heavy (non-hydrogen) atoms. The van der Waals surface area contributed by atoms with Crippen LogP contribution in [0.25, 0.3) is 0 Å². The highest BCUT2D eigenvalue weighted by Gasteiger charge is 2.11. The van der Waals surface area contributed by atoms with Gasteiger partial charge >= 0.3 is 0 Å². The van der Waals surface area contributed by atoms with E-state index in [9.17, 15) is 4.79 Å². The zero-order chi connectivity index (χ0) is 12.3. The Kier molecular flexibility index (Phi) is 2.87. The van der Waals surface area contributed by atoms with Crippen molar-refractivity contribution in [3.63, 3.8) is 0 Å². The molecular formula is C11H10N4O2. The van der Waals surface area contributed by atoms with Gasteiger partial charge in [-0.15, -0.1) is 0 Å². The minimum Gasteiger partial charge on any atom is -0.508 e. The van der Waals surface area contributed by atoms with Gasteiger partial charge in [0, 0.05) is 18.1 Å². The second kappa shape index (κ2) is 4.48. The first kappa shape index (κ1) is 10.9. The number of phenolic OH excluding ortho intramolecular Hbond substituents is 1. The van der Waals surface area contributed by atoms with E-state index in [4.69, 9.17) is 10.8 Å². The molecule has 1 aromatic carbocycles. The second-order valence-corrected chi connectivity index (χ2v) is 3.29. The largest absolute Gasteiger partial charge is 0.508 e. The van der Waals surface area contributed by atoms with Crippen LogP contribution in [0.5, 0.6) is 5.75 Å². The van der Waals surface area contributed by atoms with Crippen molar-refractivity contribution in [3.05, 3.63) is 42.4 Å². The molecule has 0 saturated carbocycles. The van der Waals surface area contributed by atoms with Crippen molar-refractivity contribution >= 4 is 17.4 Å². The molecule has 0 aliphatic rings. The molecular weight excluding hydrogens is 220 g/mol. The summed E-state index contributed by atoms with van der Waals surface area (Å²) >= 11 is 0. The molecule has 0 unspecified atom stereocenters. The number of nitrogen functional groups attached to an aromatic ring is 1. The Morgan fingerprint density at radius 2 is 1.82 bits per heavy atom.